The summed E-state index contributed by atoms with van der Waals surface area (Å²) in [5, 5.41) is 3.39. The fourth-order valence-electron chi connectivity index (χ4n) is 3.04. The van der Waals surface area contributed by atoms with E-state index in [2.05, 4.69) is 15.3 Å². The van der Waals surface area contributed by atoms with Gasteiger partial charge in [-0.25, -0.2) is 9.97 Å². The van der Waals surface area contributed by atoms with Crippen LogP contribution in [0, 0.1) is 6.92 Å². The van der Waals surface area contributed by atoms with Crippen LogP contribution in [-0.2, 0) is 6.42 Å². The number of nitrogens with zero attached hydrogens (tertiary/aromatic N) is 3. The predicted molar refractivity (Wildman–Crippen MR) is 110 cm³/mol. The molecule has 0 atom stereocenters. The second-order valence-corrected chi connectivity index (χ2v) is 6.92. The maximum absolute atomic E-state index is 12.5. The first-order chi connectivity index (χ1) is 14.0. The summed E-state index contributed by atoms with van der Waals surface area (Å²) in [6.45, 7) is 2.30. The molecule has 29 heavy (non-hydrogen) atoms. The number of aromatic nitrogens is 3. The molecule has 0 fully saturated rings. The summed E-state index contributed by atoms with van der Waals surface area (Å²) < 4.78 is 13.0. The zero-order valence-electron chi connectivity index (χ0n) is 16.0. The van der Waals surface area contributed by atoms with Gasteiger partial charge in [0.05, 0.1) is 29.8 Å². The molecule has 2 aromatic heterocycles. The predicted octanol–water partition coefficient (Wildman–Crippen LogP) is 3.96. The van der Waals surface area contributed by atoms with Gasteiger partial charge >= 0.3 is 0 Å². The van der Waals surface area contributed by atoms with Crippen LogP contribution in [0.2, 0.25) is 5.02 Å². The monoisotopic (exact) mass is 410 g/mol. The van der Waals surface area contributed by atoms with Gasteiger partial charge in [0, 0.05) is 24.7 Å². The number of methoxy groups -OCH3 is 1. The average molecular weight is 411 g/mol. The molecule has 4 rings (SSSR count). The number of amides is 1. The zero-order chi connectivity index (χ0) is 20.4. The van der Waals surface area contributed by atoms with Crippen molar-refractivity contribution in [1.82, 2.24) is 19.9 Å². The minimum Gasteiger partial charge on any atom is -0.495 e. The second-order valence-electron chi connectivity index (χ2n) is 6.51. The molecule has 0 unspecified atom stereocenters. The minimum absolute atomic E-state index is 0.203. The summed E-state index contributed by atoms with van der Waals surface area (Å²) in [5.41, 5.74) is 3.48. The fourth-order valence-corrected chi connectivity index (χ4v) is 3.25. The molecule has 0 saturated heterocycles. The third-order valence-electron chi connectivity index (χ3n) is 4.47. The number of halogens is 1. The molecule has 0 aliphatic rings. The van der Waals surface area contributed by atoms with Crippen molar-refractivity contribution in [2.24, 2.45) is 0 Å². The number of para-hydroxylation sites is 1. The number of aryl methyl sites for hydroxylation is 1. The molecule has 148 valence electrons. The summed E-state index contributed by atoms with van der Waals surface area (Å²) in [7, 11) is 1.57. The van der Waals surface area contributed by atoms with Crippen molar-refractivity contribution in [2.75, 3.05) is 13.7 Å². The van der Waals surface area contributed by atoms with Crippen molar-refractivity contribution < 1.29 is 13.9 Å². The number of fused-ring (bicyclic) bond motifs is 1. The van der Waals surface area contributed by atoms with Crippen LogP contribution in [0.15, 0.2) is 53.3 Å². The maximum atomic E-state index is 12.5. The molecule has 1 N–H and O–H groups in total. The number of hydrogen-bond donors (Lipinski definition) is 1. The van der Waals surface area contributed by atoms with E-state index in [0.29, 0.717) is 46.3 Å². The van der Waals surface area contributed by atoms with Crippen LogP contribution in [0.4, 0.5) is 0 Å². The van der Waals surface area contributed by atoms with Gasteiger partial charge in [0.25, 0.3) is 5.91 Å². The van der Waals surface area contributed by atoms with Crippen LogP contribution in [0.5, 0.6) is 5.75 Å². The Morgan fingerprint density at radius 1 is 1.31 bits per heavy atom. The lowest BCUT2D eigenvalue weighted by atomic mass is 10.1. The summed E-state index contributed by atoms with van der Waals surface area (Å²) in [5.74, 6) is 0.909. The highest BCUT2D eigenvalue weighted by molar-refractivity contribution is 6.34. The third-order valence-corrected chi connectivity index (χ3v) is 4.77. The molecule has 0 aliphatic carbocycles. The van der Waals surface area contributed by atoms with E-state index in [1.54, 1.807) is 31.6 Å². The van der Waals surface area contributed by atoms with Gasteiger partial charge in [-0.2, -0.15) is 0 Å². The lowest BCUT2D eigenvalue weighted by Gasteiger charge is -2.11. The van der Waals surface area contributed by atoms with Crippen molar-refractivity contribution in [2.45, 2.75) is 13.3 Å². The topological polar surface area (TPSA) is 82.2 Å². The number of carbonyl (C=O) groups is 1. The van der Waals surface area contributed by atoms with Crippen molar-refractivity contribution in [3.8, 4) is 11.4 Å². The first-order valence-electron chi connectivity index (χ1n) is 9.06. The van der Waals surface area contributed by atoms with E-state index in [1.165, 1.54) is 0 Å². The SMILES string of the molecule is COc1cc(C(=O)NCCc2nc3cccc(Cl)c3o2)ccc1-n1cnc(C)c1. The van der Waals surface area contributed by atoms with Gasteiger partial charge in [-0.1, -0.05) is 17.7 Å². The molecule has 2 aromatic carbocycles. The number of carbonyl (C=O) groups excluding carboxylic acids is 1. The molecular weight excluding hydrogens is 392 g/mol. The Labute approximate surface area is 172 Å². The second kappa shape index (κ2) is 7.97. The molecule has 0 radical (unpaired) electrons. The Kier molecular flexibility index (Phi) is 5.22. The van der Waals surface area contributed by atoms with Crippen LogP contribution in [0.3, 0.4) is 0 Å². The lowest BCUT2D eigenvalue weighted by molar-refractivity contribution is 0.0953. The Morgan fingerprint density at radius 3 is 2.90 bits per heavy atom. The Morgan fingerprint density at radius 2 is 2.17 bits per heavy atom. The average Bonchev–Trinajstić information content (AvgIpc) is 3.34. The maximum Gasteiger partial charge on any atom is 0.251 e. The minimum atomic E-state index is -0.203. The number of benzene rings is 2. The van der Waals surface area contributed by atoms with Crippen molar-refractivity contribution in [3.63, 3.8) is 0 Å². The Balaban J connectivity index is 1.43. The number of imidazole rings is 1. The van der Waals surface area contributed by atoms with Crippen LogP contribution >= 0.6 is 11.6 Å². The van der Waals surface area contributed by atoms with Crippen LogP contribution in [0.25, 0.3) is 16.8 Å². The van der Waals surface area contributed by atoms with Gasteiger partial charge in [0.2, 0.25) is 0 Å². The van der Waals surface area contributed by atoms with Gasteiger partial charge < -0.3 is 19.0 Å². The quantitative estimate of drug-likeness (QED) is 0.520. The van der Waals surface area contributed by atoms with Crippen molar-refractivity contribution in [3.05, 3.63) is 71.1 Å². The lowest BCUT2D eigenvalue weighted by Crippen LogP contribution is -2.25. The summed E-state index contributed by atoms with van der Waals surface area (Å²) in [6, 6.07) is 10.7. The van der Waals surface area contributed by atoms with E-state index in [9.17, 15) is 4.79 Å². The highest BCUT2D eigenvalue weighted by Crippen LogP contribution is 2.25. The molecule has 8 heteroatoms. The van der Waals surface area contributed by atoms with Crippen LogP contribution in [0.1, 0.15) is 21.9 Å². The molecule has 2 heterocycles. The highest BCUT2D eigenvalue weighted by atomic mass is 35.5. The van der Waals surface area contributed by atoms with E-state index in [-0.39, 0.29) is 5.91 Å². The molecule has 7 nitrogen and oxygen atoms in total. The van der Waals surface area contributed by atoms with E-state index in [4.69, 9.17) is 20.8 Å². The Hall–Kier alpha value is -3.32. The Bertz CT molecular complexity index is 1180. The van der Waals surface area contributed by atoms with Gasteiger partial charge in [0.15, 0.2) is 11.5 Å². The number of rotatable bonds is 6. The van der Waals surface area contributed by atoms with E-state index < -0.39 is 0 Å². The highest BCUT2D eigenvalue weighted by Gasteiger charge is 2.13. The summed E-state index contributed by atoms with van der Waals surface area (Å²) in [4.78, 5) is 21.1. The molecule has 0 aliphatic heterocycles. The largest absolute Gasteiger partial charge is 0.495 e. The number of hydrogen-bond acceptors (Lipinski definition) is 5. The fraction of sp³-hybridized carbons (Fsp3) is 0.190. The van der Waals surface area contributed by atoms with Gasteiger partial charge in [-0.05, 0) is 37.3 Å². The standard InChI is InChI=1S/C21H19ClN4O3/c1-13-11-26(12-24-13)17-7-6-14(10-18(17)28-2)21(27)23-9-8-19-25-16-5-3-4-15(22)20(16)29-19/h3-7,10-12H,8-9H2,1-2H3,(H,23,27). The third kappa shape index (κ3) is 3.95. The zero-order valence-corrected chi connectivity index (χ0v) is 16.7. The van der Waals surface area contributed by atoms with Gasteiger partial charge in [-0.3, -0.25) is 4.79 Å². The normalized spacial score (nSPS) is 11.0. The molecule has 4 aromatic rings. The molecule has 0 spiro atoms. The van der Waals surface area contributed by atoms with E-state index in [1.807, 2.05) is 35.9 Å². The van der Waals surface area contributed by atoms with Gasteiger partial charge in [-0.15, -0.1) is 0 Å². The van der Waals surface area contributed by atoms with E-state index >= 15 is 0 Å². The number of oxazole rings is 1. The first-order valence-corrected chi connectivity index (χ1v) is 9.44. The van der Waals surface area contributed by atoms with E-state index in [0.717, 1.165) is 11.4 Å². The summed E-state index contributed by atoms with van der Waals surface area (Å²) >= 11 is 6.10. The first kappa shape index (κ1) is 19.0. The molecule has 0 bridgehead atoms. The molecule has 1 amide bonds. The van der Waals surface area contributed by atoms with Gasteiger partial charge in [0.1, 0.15) is 11.3 Å². The smallest absolute Gasteiger partial charge is 0.251 e. The van der Waals surface area contributed by atoms with Crippen LogP contribution < -0.4 is 10.1 Å². The van der Waals surface area contributed by atoms with Crippen molar-refractivity contribution in [1.29, 1.82) is 0 Å². The number of ether oxygens (including phenoxy) is 1. The molecular formula is C21H19ClN4O3. The summed E-state index contributed by atoms with van der Waals surface area (Å²) in [6.07, 6.45) is 4.06. The number of nitrogens with one attached hydrogen (secondary N) is 1. The molecule has 0 saturated carbocycles. The van der Waals surface area contributed by atoms with Crippen LogP contribution in [-0.4, -0.2) is 34.1 Å². The van der Waals surface area contributed by atoms with Crippen molar-refractivity contribution >= 4 is 28.6 Å².